The minimum Gasteiger partial charge on any atom is -0.368 e. The van der Waals surface area contributed by atoms with E-state index in [1.807, 2.05) is 30.3 Å². The van der Waals surface area contributed by atoms with Gasteiger partial charge in [-0.1, -0.05) is 30.3 Å². The number of benzene rings is 1. The number of thioether (sulfide) groups is 1. The van der Waals surface area contributed by atoms with Crippen molar-refractivity contribution in [3.63, 3.8) is 0 Å². The van der Waals surface area contributed by atoms with E-state index in [1.54, 1.807) is 6.26 Å². The number of nitrogens with one attached hydrogen (secondary N) is 2. The third kappa shape index (κ3) is 7.56. The number of imide groups is 1. The Morgan fingerprint density at radius 1 is 1.06 bits per heavy atom. The van der Waals surface area contributed by atoms with Crippen LogP contribution in [0.15, 0.2) is 30.3 Å². The molecule has 11 heteroatoms. The topological polar surface area (TPSA) is 139 Å². The van der Waals surface area contributed by atoms with Gasteiger partial charge >= 0.3 is 0 Å². The Kier molecular flexibility index (Phi) is 10.0. The van der Waals surface area contributed by atoms with Gasteiger partial charge in [0.2, 0.25) is 29.5 Å². The number of nitrogens with zero attached hydrogens (tertiary/aromatic N) is 1. The summed E-state index contributed by atoms with van der Waals surface area (Å²) in [4.78, 5) is 61.7. The second kappa shape index (κ2) is 12.5. The highest BCUT2D eigenvalue weighted by molar-refractivity contribution is 7.98. The molecule has 0 spiro atoms. The van der Waals surface area contributed by atoms with Crippen LogP contribution in [0.5, 0.6) is 0 Å². The molecule has 0 aliphatic carbocycles. The molecule has 3 atom stereocenters. The monoisotopic (exact) mass is 480 g/mol. The standard InChI is InChI=1S/C21H28N4O5S2/c1-32-12-15(20(29)23-14(19(22)28)11-13-5-3-2-4-6-13)24-21(30)16(31)9-10-25-17(26)7-8-18(25)27/h2-6,14-16,31H,7-12H2,1H3,(H2,22,28)(H,23,29)(H,24,30)/t14-,15?,16-/m0/s1. The zero-order chi connectivity index (χ0) is 23.7. The van der Waals surface area contributed by atoms with Crippen LogP contribution in [0.25, 0.3) is 0 Å². The van der Waals surface area contributed by atoms with Gasteiger partial charge in [-0.2, -0.15) is 24.4 Å². The zero-order valence-electron chi connectivity index (χ0n) is 17.8. The number of rotatable bonds is 12. The number of carbonyl (C=O) groups excluding carboxylic acids is 5. The molecule has 0 saturated carbocycles. The second-order valence-electron chi connectivity index (χ2n) is 7.41. The predicted molar refractivity (Wildman–Crippen MR) is 125 cm³/mol. The molecule has 2 rings (SSSR count). The lowest BCUT2D eigenvalue weighted by atomic mass is 10.1. The molecular weight excluding hydrogens is 452 g/mol. The molecule has 1 aliphatic heterocycles. The van der Waals surface area contributed by atoms with E-state index in [0.29, 0.717) is 0 Å². The highest BCUT2D eigenvalue weighted by Crippen LogP contribution is 2.14. The van der Waals surface area contributed by atoms with Gasteiger partial charge in [-0.3, -0.25) is 28.9 Å². The Labute approximate surface area is 196 Å². The van der Waals surface area contributed by atoms with Crippen LogP contribution in [-0.4, -0.2) is 70.3 Å². The Morgan fingerprint density at radius 3 is 2.22 bits per heavy atom. The molecule has 5 amide bonds. The molecule has 1 heterocycles. The van der Waals surface area contributed by atoms with Gasteiger partial charge in [-0.05, 0) is 18.2 Å². The molecule has 0 bridgehead atoms. The summed E-state index contributed by atoms with van der Waals surface area (Å²) in [6.07, 6.45) is 2.54. The number of nitrogens with two attached hydrogens (primary N) is 1. The first-order valence-corrected chi connectivity index (χ1v) is 12.1. The third-order valence-corrected chi connectivity index (χ3v) is 6.15. The van der Waals surface area contributed by atoms with Gasteiger partial charge in [0.15, 0.2) is 0 Å². The predicted octanol–water partition coefficient (Wildman–Crippen LogP) is -0.115. The summed E-state index contributed by atoms with van der Waals surface area (Å²) in [7, 11) is 0. The smallest absolute Gasteiger partial charge is 0.244 e. The number of carbonyl (C=O) groups is 5. The Hall–Kier alpha value is -2.53. The van der Waals surface area contributed by atoms with Crippen molar-refractivity contribution >= 4 is 53.9 Å². The van der Waals surface area contributed by atoms with Crippen LogP contribution in [0.2, 0.25) is 0 Å². The number of likely N-dealkylation sites (tertiary alicyclic amines) is 1. The summed E-state index contributed by atoms with van der Waals surface area (Å²) >= 11 is 5.61. The molecule has 174 valence electrons. The van der Waals surface area contributed by atoms with Gasteiger partial charge in [-0.15, -0.1) is 0 Å². The lowest BCUT2D eigenvalue weighted by Gasteiger charge is -2.23. The molecule has 1 unspecified atom stereocenters. The summed E-state index contributed by atoms with van der Waals surface area (Å²) in [5.41, 5.74) is 6.30. The molecule has 4 N–H and O–H groups in total. The lowest BCUT2D eigenvalue weighted by Crippen LogP contribution is -2.55. The van der Waals surface area contributed by atoms with Crippen molar-refractivity contribution in [2.24, 2.45) is 5.73 Å². The van der Waals surface area contributed by atoms with Crippen LogP contribution in [0, 0.1) is 0 Å². The minimum atomic E-state index is -0.926. The van der Waals surface area contributed by atoms with Crippen molar-refractivity contribution in [2.75, 3.05) is 18.6 Å². The molecule has 0 radical (unpaired) electrons. The van der Waals surface area contributed by atoms with Crippen LogP contribution in [0.4, 0.5) is 0 Å². The average molecular weight is 481 g/mol. The Bertz CT molecular complexity index is 836. The van der Waals surface area contributed by atoms with Crippen molar-refractivity contribution in [3.8, 4) is 0 Å². The molecule has 0 aromatic heterocycles. The molecule has 1 aliphatic rings. The SMILES string of the molecule is CSCC(NC(=O)[C@@H](S)CCN1C(=O)CCC1=O)C(=O)N[C@@H](Cc1ccccc1)C(N)=O. The van der Waals surface area contributed by atoms with Crippen molar-refractivity contribution in [1.29, 1.82) is 0 Å². The van der Waals surface area contributed by atoms with E-state index in [1.165, 1.54) is 11.8 Å². The summed E-state index contributed by atoms with van der Waals surface area (Å²) in [6.45, 7) is 0.0967. The quantitative estimate of drug-likeness (QED) is 0.243. The van der Waals surface area contributed by atoms with Gasteiger partial charge in [0.1, 0.15) is 12.1 Å². The van der Waals surface area contributed by atoms with Gasteiger partial charge in [-0.25, -0.2) is 0 Å². The average Bonchev–Trinajstić information content (AvgIpc) is 3.08. The van der Waals surface area contributed by atoms with E-state index < -0.39 is 35.1 Å². The van der Waals surface area contributed by atoms with Crippen LogP contribution >= 0.6 is 24.4 Å². The van der Waals surface area contributed by atoms with E-state index in [-0.39, 0.29) is 49.8 Å². The molecule has 1 aromatic rings. The fourth-order valence-corrected chi connectivity index (χ4v) is 3.98. The van der Waals surface area contributed by atoms with E-state index in [4.69, 9.17) is 5.73 Å². The Morgan fingerprint density at radius 2 is 1.66 bits per heavy atom. The molecular formula is C21H28N4O5S2. The fourth-order valence-electron chi connectivity index (χ4n) is 3.22. The van der Waals surface area contributed by atoms with Crippen molar-refractivity contribution < 1.29 is 24.0 Å². The van der Waals surface area contributed by atoms with Crippen LogP contribution in [0.1, 0.15) is 24.8 Å². The first-order valence-electron chi connectivity index (χ1n) is 10.2. The zero-order valence-corrected chi connectivity index (χ0v) is 19.5. The van der Waals surface area contributed by atoms with Crippen LogP contribution < -0.4 is 16.4 Å². The number of hydrogen-bond donors (Lipinski definition) is 4. The maximum atomic E-state index is 12.8. The van der Waals surface area contributed by atoms with Crippen LogP contribution in [-0.2, 0) is 30.4 Å². The third-order valence-electron chi connectivity index (χ3n) is 4.99. The van der Waals surface area contributed by atoms with Crippen LogP contribution in [0.3, 0.4) is 0 Å². The summed E-state index contributed by atoms with van der Waals surface area (Å²) in [5.74, 6) is -1.95. The Balaban J connectivity index is 1.94. The van der Waals surface area contributed by atoms with Crippen molar-refractivity contribution in [1.82, 2.24) is 15.5 Å². The van der Waals surface area contributed by atoms with Gasteiger partial charge in [0, 0.05) is 31.6 Å². The first-order chi connectivity index (χ1) is 15.2. The molecule has 1 saturated heterocycles. The first kappa shape index (κ1) is 25.7. The summed E-state index contributed by atoms with van der Waals surface area (Å²) in [5, 5.41) is 4.44. The maximum Gasteiger partial charge on any atom is 0.244 e. The van der Waals surface area contributed by atoms with Gasteiger partial charge in [0.05, 0.1) is 5.25 Å². The number of hydrogen-bond acceptors (Lipinski definition) is 7. The van der Waals surface area contributed by atoms with E-state index in [0.717, 1.165) is 10.5 Å². The minimum absolute atomic E-state index is 0.0967. The molecule has 9 nitrogen and oxygen atoms in total. The van der Waals surface area contributed by atoms with E-state index >= 15 is 0 Å². The second-order valence-corrected chi connectivity index (χ2v) is 8.95. The maximum absolute atomic E-state index is 12.8. The summed E-state index contributed by atoms with van der Waals surface area (Å²) in [6, 6.07) is 7.30. The van der Waals surface area contributed by atoms with E-state index in [9.17, 15) is 24.0 Å². The normalized spacial score (nSPS) is 16.4. The number of primary amides is 1. The summed E-state index contributed by atoms with van der Waals surface area (Å²) < 4.78 is 0. The largest absolute Gasteiger partial charge is 0.368 e. The molecule has 32 heavy (non-hydrogen) atoms. The number of thiol groups is 1. The molecule has 1 fully saturated rings. The van der Waals surface area contributed by atoms with Crippen molar-refractivity contribution in [3.05, 3.63) is 35.9 Å². The highest BCUT2D eigenvalue weighted by atomic mass is 32.2. The van der Waals surface area contributed by atoms with Gasteiger partial charge in [0.25, 0.3) is 0 Å². The number of amides is 5. The van der Waals surface area contributed by atoms with Crippen molar-refractivity contribution in [2.45, 2.75) is 43.0 Å². The highest BCUT2D eigenvalue weighted by Gasteiger charge is 2.31. The van der Waals surface area contributed by atoms with Gasteiger partial charge < -0.3 is 16.4 Å². The lowest BCUT2D eigenvalue weighted by molar-refractivity contribution is -0.138. The molecule has 1 aromatic carbocycles. The van der Waals surface area contributed by atoms with E-state index in [2.05, 4.69) is 23.3 Å². The fraction of sp³-hybridized carbons (Fsp3) is 0.476.